The fourth-order valence-corrected chi connectivity index (χ4v) is 2.63. The van der Waals surface area contributed by atoms with Gasteiger partial charge < -0.3 is 16.0 Å². The van der Waals surface area contributed by atoms with Crippen LogP contribution >= 0.6 is 0 Å². The van der Waals surface area contributed by atoms with Crippen molar-refractivity contribution in [3.05, 3.63) is 33.9 Å². The number of rotatable bonds is 3. The molecule has 2 unspecified atom stereocenters. The summed E-state index contributed by atoms with van der Waals surface area (Å²) in [5, 5.41) is 14.0. The molecule has 1 fully saturated rings. The third-order valence-corrected chi connectivity index (χ3v) is 4.04. The molecule has 0 aliphatic carbocycles. The summed E-state index contributed by atoms with van der Waals surface area (Å²) in [6.45, 7) is 2.99. The number of hydrogen-bond acceptors (Lipinski definition) is 5. The standard InChI is InChI=1S/C14H20N4O3/c1-9-8-10(6-7-17(9)2)16-14(19)11-4-3-5-12(15)13(11)18(20)21/h3-5,9-10H,6-8,15H2,1-2H3,(H,16,19). The first-order chi connectivity index (χ1) is 9.90. The molecule has 2 atom stereocenters. The number of para-hydroxylation sites is 1. The third-order valence-electron chi connectivity index (χ3n) is 4.04. The lowest BCUT2D eigenvalue weighted by atomic mass is 9.98. The molecule has 1 heterocycles. The summed E-state index contributed by atoms with van der Waals surface area (Å²) in [5.74, 6) is -0.434. The Morgan fingerprint density at radius 1 is 1.52 bits per heavy atom. The Labute approximate surface area is 123 Å². The highest BCUT2D eigenvalue weighted by molar-refractivity contribution is 6.00. The summed E-state index contributed by atoms with van der Waals surface area (Å²) in [7, 11) is 2.05. The summed E-state index contributed by atoms with van der Waals surface area (Å²) < 4.78 is 0. The first-order valence-corrected chi connectivity index (χ1v) is 6.94. The predicted molar refractivity (Wildman–Crippen MR) is 80.1 cm³/mol. The average Bonchev–Trinajstić information content (AvgIpc) is 2.42. The molecule has 1 amide bonds. The minimum Gasteiger partial charge on any atom is -0.393 e. The van der Waals surface area contributed by atoms with Crippen LogP contribution in [0.2, 0.25) is 0 Å². The molecule has 1 aromatic rings. The van der Waals surface area contributed by atoms with Gasteiger partial charge >= 0.3 is 5.69 Å². The van der Waals surface area contributed by atoms with E-state index in [0.717, 1.165) is 19.4 Å². The molecule has 1 aromatic carbocycles. The van der Waals surface area contributed by atoms with Crippen molar-refractivity contribution in [3.63, 3.8) is 0 Å². The van der Waals surface area contributed by atoms with Gasteiger partial charge in [0.2, 0.25) is 0 Å². The zero-order valence-electron chi connectivity index (χ0n) is 12.2. The van der Waals surface area contributed by atoms with Gasteiger partial charge in [0.05, 0.1) is 4.92 Å². The van der Waals surface area contributed by atoms with E-state index >= 15 is 0 Å². The van der Waals surface area contributed by atoms with E-state index in [9.17, 15) is 14.9 Å². The number of nitrogens with two attached hydrogens (primary N) is 1. The molecule has 7 nitrogen and oxygen atoms in total. The van der Waals surface area contributed by atoms with E-state index in [2.05, 4.69) is 17.1 Å². The number of benzene rings is 1. The number of amides is 1. The molecule has 0 radical (unpaired) electrons. The van der Waals surface area contributed by atoms with E-state index in [0.29, 0.717) is 6.04 Å². The third kappa shape index (κ3) is 3.30. The lowest BCUT2D eigenvalue weighted by molar-refractivity contribution is -0.384. The van der Waals surface area contributed by atoms with Crippen LogP contribution in [-0.2, 0) is 0 Å². The van der Waals surface area contributed by atoms with E-state index in [1.54, 1.807) is 6.07 Å². The molecule has 7 heteroatoms. The number of nitrogens with zero attached hydrogens (tertiary/aromatic N) is 2. The number of anilines is 1. The van der Waals surface area contributed by atoms with Gasteiger partial charge in [-0.2, -0.15) is 0 Å². The topological polar surface area (TPSA) is 102 Å². The Morgan fingerprint density at radius 3 is 2.86 bits per heavy atom. The molecule has 1 aliphatic heterocycles. The molecule has 0 bridgehead atoms. The summed E-state index contributed by atoms with van der Waals surface area (Å²) >= 11 is 0. The van der Waals surface area contributed by atoms with Crippen molar-refractivity contribution in [1.82, 2.24) is 10.2 Å². The lowest BCUT2D eigenvalue weighted by Gasteiger charge is -2.35. The van der Waals surface area contributed by atoms with Gasteiger partial charge in [-0.15, -0.1) is 0 Å². The zero-order valence-corrected chi connectivity index (χ0v) is 12.2. The highest BCUT2D eigenvalue weighted by Gasteiger charge is 2.28. The van der Waals surface area contributed by atoms with Crippen molar-refractivity contribution < 1.29 is 9.72 Å². The monoisotopic (exact) mass is 292 g/mol. The van der Waals surface area contributed by atoms with Gasteiger partial charge in [0.1, 0.15) is 11.3 Å². The van der Waals surface area contributed by atoms with Crippen LogP contribution in [0, 0.1) is 10.1 Å². The first kappa shape index (κ1) is 15.2. The highest BCUT2D eigenvalue weighted by atomic mass is 16.6. The number of carbonyl (C=O) groups is 1. The van der Waals surface area contributed by atoms with Gasteiger partial charge in [0.15, 0.2) is 0 Å². The fraction of sp³-hybridized carbons (Fsp3) is 0.500. The van der Waals surface area contributed by atoms with Gasteiger partial charge in [0, 0.05) is 18.6 Å². The highest BCUT2D eigenvalue weighted by Crippen LogP contribution is 2.26. The second-order valence-corrected chi connectivity index (χ2v) is 5.52. The second-order valence-electron chi connectivity index (χ2n) is 5.52. The smallest absolute Gasteiger partial charge is 0.304 e. The lowest BCUT2D eigenvalue weighted by Crippen LogP contribution is -2.47. The van der Waals surface area contributed by atoms with Crippen LogP contribution in [0.4, 0.5) is 11.4 Å². The molecule has 1 aliphatic rings. The Bertz CT molecular complexity index is 561. The Morgan fingerprint density at radius 2 is 2.24 bits per heavy atom. The quantitative estimate of drug-likeness (QED) is 0.498. The number of piperidine rings is 1. The van der Waals surface area contributed by atoms with E-state index in [4.69, 9.17) is 5.73 Å². The van der Waals surface area contributed by atoms with Crippen molar-refractivity contribution >= 4 is 17.3 Å². The van der Waals surface area contributed by atoms with Crippen LogP contribution < -0.4 is 11.1 Å². The minimum atomic E-state index is -0.610. The number of nitro groups is 1. The molecule has 0 saturated carbocycles. The Hall–Kier alpha value is -2.15. The van der Waals surface area contributed by atoms with Crippen LogP contribution in [0.15, 0.2) is 18.2 Å². The van der Waals surface area contributed by atoms with Crippen molar-refractivity contribution in [2.75, 3.05) is 19.3 Å². The predicted octanol–water partition coefficient (Wildman–Crippen LogP) is 1.39. The molecule has 114 valence electrons. The van der Waals surface area contributed by atoms with Crippen molar-refractivity contribution in [1.29, 1.82) is 0 Å². The summed E-state index contributed by atoms with van der Waals surface area (Å²) in [6.07, 6.45) is 1.67. The molecule has 3 N–H and O–H groups in total. The van der Waals surface area contributed by atoms with Crippen LogP contribution in [0.5, 0.6) is 0 Å². The van der Waals surface area contributed by atoms with Gasteiger partial charge in [-0.05, 0) is 38.9 Å². The fourth-order valence-electron chi connectivity index (χ4n) is 2.63. The average molecular weight is 292 g/mol. The summed E-state index contributed by atoms with van der Waals surface area (Å²) in [5.41, 5.74) is 5.31. The second kappa shape index (κ2) is 6.09. The molecular formula is C14H20N4O3. The van der Waals surface area contributed by atoms with E-state index in [1.807, 2.05) is 7.05 Å². The molecule has 21 heavy (non-hydrogen) atoms. The van der Waals surface area contributed by atoms with E-state index in [1.165, 1.54) is 12.1 Å². The van der Waals surface area contributed by atoms with Crippen LogP contribution in [0.1, 0.15) is 30.1 Å². The van der Waals surface area contributed by atoms with Crippen LogP contribution in [0.25, 0.3) is 0 Å². The van der Waals surface area contributed by atoms with Gasteiger partial charge in [-0.1, -0.05) is 6.07 Å². The van der Waals surface area contributed by atoms with Crippen molar-refractivity contribution in [2.24, 2.45) is 0 Å². The summed E-state index contributed by atoms with van der Waals surface area (Å²) in [4.78, 5) is 25.0. The number of nitrogen functional groups attached to an aromatic ring is 1. The SMILES string of the molecule is CC1CC(NC(=O)c2cccc(N)c2[N+](=O)[O-])CCN1C. The van der Waals surface area contributed by atoms with Gasteiger partial charge in [-0.25, -0.2) is 0 Å². The number of nitrogens with one attached hydrogen (secondary N) is 1. The maximum Gasteiger partial charge on any atom is 0.304 e. The van der Waals surface area contributed by atoms with Gasteiger partial charge in [0.25, 0.3) is 5.91 Å². The normalized spacial score (nSPS) is 22.8. The number of hydrogen-bond donors (Lipinski definition) is 2. The zero-order chi connectivity index (χ0) is 15.6. The molecule has 0 aromatic heterocycles. The van der Waals surface area contributed by atoms with Crippen molar-refractivity contribution in [2.45, 2.75) is 31.8 Å². The van der Waals surface area contributed by atoms with Crippen molar-refractivity contribution in [3.8, 4) is 0 Å². The minimum absolute atomic E-state index is 0.00407. The van der Waals surface area contributed by atoms with Crippen LogP contribution in [-0.4, -0.2) is 41.4 Å². The molecular weight excluding hydrogens is 272 g/mol. The number of nitro benzene ring substituents is 1. The largest absolute Gasteiger partial charge is 0.393 e. The number of likely N-dealkylation sites (tertiary alicyclic amines) is 1. The van der Waals surface area contributed by atoms with E-state index in [-0.39, 0.29) is 23.0 Å². The maximum atomic E-state index is 12.3. The maximum absolute atomic E-state index is 12.3. The van der Waals surface area contributed by atoms with Crippen LogP contribution in [0.3, 0.4) is 0 Å². The Balaban J connectivity index is 2.14. The summed E-state index contributed by atoms with van der Waals surface area (Å²) in [6, 6.07) is 4.81. The molecule has 2 rings (SSSR count). The Kier molecular flexibility index (Phi) is 4.42. The molecule has 0 spiro atoms. The van der Waals surface area contributed by atoms with Gasteiger partial charge in [-0.3, -0.25) is 14.9 Å². The first-order valence-electron chi connectivity index (χ1n) is 6.94. The number of carbonyl (C=O) groups excluding carboxylic acids is 1. The molecule has 1 saturated heterocycles. The van der Waals surface area contributed by atoms with E-state index < -0.39 is 10.8 Å².